The molecule has 3 aliphatic heterocycles. The maximum absolute atomic E-state index is 12.9. The normalized spacial score (nSPS) is 28.2. The molecule has 3 heterocycles. The molecule has 1 N–H and O–H groups in total. The monoisotopic (exact) mass is 364 g/mol. The van der Waals surface area contributed by atoms with Gasteiger partial charge in [-0.1, -0.05) is 17.7 Å². The van der Waals surface area contributed by atoms with Crippen molar-refractivity contribution in [3.63, 3.8) is 0 Å². The predicted molar refractivity (Wildman–Crippen MR) is 93.0 cm³/mol. The van der Waals surface area contributed by atoms with Crippen LogP contribution >= 0.6 is 0 Å². The van der Waals surface area contributed by atoms with E-state index in [1.54, 1.807) is 15.3 Å². The molecule has 2 bridgehead atoms. The van der Waals surface area contributed by atoms with Gasteiger partial charge >= 0.3 is 6.09 Å². The van der Waals surface area contributed by atoms with E-state index in [4.69, 9.17) is 0 Å². The fraction of sp³-hybridized carbons (Fsp3) is 0.611. The van der Waals surface area contributed by atoms with Crippen LogP contribution < -0.4 is 0 Å². The van der Waals surface area contributed by atoms with Gasteiger partial charge in [0.2, 0.25) is 10.0 Å². The Labute approximate surface area is 148 Å². The number of hydrogen-bond donors (Lipinski definition) is 1. The van der Waals surface area contributed by atoms with Crippen LogP contribution in [-0.2, 0) is 10.0 Å². The predicted octanol–water partition coefficient (Wildman–Crippen LogP) is 2.60. The highest BCUT2D eigenvalue weighted by Crippen LogP contribution is 2.51. The number of carboxylic acid groups (broad SMARTS) is 1. The Hall–Kier alpha value is -1.60. The van der Waals surface area contributed by atoms with Crippen LogP contribution in [-0.4, -0.2) is 54.0 Å². The summed E-state index contributed by atoms with van der Waals surface area (Å²) >= 11 is 0. The molecule has 0 saturated carbocycles. The minimum absolute atomic E-state index is 0.0382. The maximum Gasteiger partial charge on any atom is 0.407 e. The van der Waals surface area contributed by atoms with Gasteiger partial charge in [0.15, 0.2) is 0 Å². The molecule has 0 unspecified atom stereocenters. The number of benzene rings is 1. The highest BCUT2D eigenvalue weighted by Gasteiger charge is 2.57. The first-order valence-corrected chi connectivity index (χ1v) is 10.2. The zero-order valence-corrected chi connectivity index (χ0v) is 15.4. The molecular weight excluding hydrogens is 340 g/mol. The molecule has 1 amide bonds. The van der Waals surface area contributed by atoms with Gasteiger partial charge in [0.05, 0.1) is 4.90 Å². The Balaban J connectivity index is 1.51. The quantitative estimate of drug-likeness (QED) is 0.875. The van der Waals surface area contributed by atoms with Crippen molar-refractivity contribution >= 4 is 16.1 Å². The number of aryl methyl sites for hydroxylation is 2. The average molecular weight is 364 g/mol. The third kappa shape index (κ3) is 2.56. The summed E-state index contributed by atoms with van der Waals surface area (Å²) in [5.41, 5.74) is 1.79. The number of piperidine rings is 1. The van der Waals surface area contributed by atoms with Crippen molar-refractivity contribution in [3.05, 3.63) is 29.3 Å². The minimum atomic E-state index is -3.47. The van der Waals surface area contributed by atoms with E-state index >= 15 is 0 Å². The minimum Gasteiger partial charge on any atom is -0.465 e. The zero-order valence-electron chi connectivity index (χ0n) is 14.6. The zero-order chi connectivity index (χ0) is 18.0. The summed E-state index contributed by atoms with van der Waals surface area (Å²) in [7, 11) is -3.47. The summed E-state index contributed by atoms with van der Waals surface area (Å²) in [6.07, 6.45) is 2.55. The van der Waals surface area contributed by atoms with Crippen molar-refractivity contribution in [3.8, 4) is 0 Å². The van der Waals surface area contributed by atoms with Crippen LogP contribution in [0.3, 0.4) is 0 Å². The van der Waals surface area contributed by atoms with Crippen LogP contribution in [0.15, 0.2) is 23.1 Å². The Bertz CT molecular complexity index is 813. The lowest BCUT2D eigenvalue weighted by molar-refractivity contribution is -0.0269. The van der Waals surface area contributed by atoms with E-state index in [9.17, 15) is 18.3 Å². The fourth-order valence-corrected chi connectivity index (χ4v) is 6.99. The van der Waals surface area contributed by atoms with Gasteiger partial charge in [-0.15, -0.1) is 0 Å². The molecule has 0 aliphatic carbocycles. The van der Waals surface area contributed by atoms with Crippen molar-refractivity contribution < 1.29 is 18.3 Å². The van der Waals surface area contributed by atoms with Gasteiger partial charge in [0, 0.05) is 30.6 Å². The Morgan fingerprint density at radius 2 is 1.76 bits per heavy atom. The van der Waals surface area contributed by atoms with E-state index in [0.29, 0.717) is 18.0 Å². The first-order chi connectivity index (χ1) is 11.7. The van der Waals surface area contributed by atoms with E-state index < -0.39 is 16.1 Å². The number of hydrogen-bond acceptors (Lipinski definition) is 3. The third-order valence-corrected chi connectivity index (χ3v) is 8.10. The van der Waals surface area contributed by atoms with Crippen LogP contribution in [0, 0.1) is 19.3 Å². The molecule has 3 fully saturated rings. The standard InChI is InChI=1S/C18H24N2O4S/c1-12-3-6-16(13(2)7-12)25(23,24)19-10-18(11-19)8-14-4-5-15(9-18)20(14)17(21)22/h3,6-7,14-15H,4-5,8-11H2,1-2H3,(H,21,22)/t14-,15+. The second-order valence-electron chi connectivity index (χ2n) is 8.03. The summed E-state index contributed by atoms with van der Waals surface area (Å²) in [5, 5.41) is 9.38. The summed E-state index contributed by atoms with van der Waals surface area (Å²) < 4.78 is 27.5. The summed E-state index contributed by atoms with van der Waals surface area (Å²) in [4.78, 5) is 13.4. The average Bonchev–Trinajstić information content (AvgIpc) is 2.76. The molecule has 3 aliphatic rings. The molecule has 1 aromatic rings. The van der Waals surface area contributed by atoms with Gasteiger partial charge in [-0.2, -0.15) is 4.31 Å². The number of rotatable bonds is 2. The smallest absolute Gasteiger partial charge is 0.407 e. The molecule has 25 heavy (non-hydrogen) atoms. The van der Waals surface area contributed by atoms with Crippen molar-refractivity contribution in [2.45, 2.75) is 56.5 Å². The molecule has 0 radical (unpaired) electrons. The van der Waals surface area contributed by atoms with Crippen molar-refractivity contribution in [2.24, 2.45) is 5.41 Å². The van der Waals surface area contributed by atoms with Crippen LogP contribution in [0.5, 0.6) is 0 Å². The van der Waals surface area contributed by atoms with Crippen molar-refractivity contribution in [1.29, 1.82) is 0 Å². The number of fused-ring (bicyclic) bond motifs is 2. The van der Waals surface area contributed by atoms with Crippen LogP contribution in [0.25, 0.3) is 0 Å². The Morgan fingerprint density at radius 1 is 1.16 bits per heavy atom. The molecule has 0 aromatic heterocycles. The van der Waals surface area contributed by atoms with Gasteiger partial charge in [-0.05, 0) is 51.2 Å². The molecule has 3 saturated heterocycles. The third-order valence-electron chi connectivity index (χ3n) is 6.15. The molecule has 1 aromatic carbocycles. The SMILES string of the molecule is Cc1ccc(S(=O)(=O)N2CC3(C[C@H]4CC[C@@H](C3)N4C(=O)O)C2)c(C)c1. The highest BCUT2D eigenvalue weighted by atomic mass is 32.2. The van der Waals surface area contributed by atoms with E-state index in [0.717, 1.165) is 36.8 Å². The van der Waals surface area contributed by atoms with E-state index in [-0.39, 0.29) is 17.5 Å². The highest BCUT2D eigenvalue weighted by molar-refractivity contribution is 7.89. The van der Waals surface area contributed by atoms with Gasteiger partial charge in [-0.3, -0.25) is 0 Å². The first kappa shape index (κ1) is 16.8. The number of carbonyl (C=O) groups is 1. The Kier molecular flexibility index (Phi) is 3.67. The summed E-state index contributed by atoms with van der Waals surface area (Å²) in [5.74, 6) is 0. The fourth-order valence-electron chi connectivity index (χ4n) is 5.12. The largest absolute Gasteiger partial charge is 0.465 e. The second-order valence-corrected chi connectivity index (χ2v) is 9.93. The summed E-state index contributed by atoms with van der Waals surface area (Å²) in [6.45, 7) is 4.82. The molecule has 7 heteroatoms. The van der Waals surface area contributed by atoms with Crippen molar-refractivity contribution in [2.75, 3.05) is 13.1 Å². The number of nitrogens with zero attached hydrogens (tertiary/aromatic N) is 2. The van der Waals surface area contributed by atoms with Crippen molar-refractivity contribution in [1.82, 2.24) is 9.21 Å². The number of amides is 1. The molecular formula is C18H24N2O4S. The van der Waals surface area contributed by atoms with Gasteiger partial charge in [-0.25, -0.2) is 13.2 Å². The van der Waals surface area contributed by atoms with E-state index in [2.05, 4.69) is 0 Å². The van der Waals surface area contributed by atoms with Gasteiger partial charge < -0.3 is 10.0 Å². The molecule has 4 rings (SSSR count). The van der Waals surface area contributed by atoms with Crippen LogP contribution in [0.4, 0.5) is 4.79 Å². The molecule has 136 valence electrons. The lowest BCUT2D eigenvalue weighted by Crippen LogP contribution is -2.64. The number of sulfonamides is 1. The first-order valence-electron chi connectivity index (χ1n) is 8.81. The van der Waals surface area contributed by atoms with Gasteiger partial charge in [0.1, 0.15) is 0 Å². The topological polar surface area (TPSA) is 77.9 Å². The molecule has 1 spiro atoms. The second kappa shape index (κ2) is 5.45. The van der Waals surface area contributed by atoms with Crippen LogP contribution in [0.1, 0.15) is 36.8 Å². The van der Waals surface area contributed by atoms with E-state index in [1.807, 2.05) is 26.0 Å². The lowest BCUT2D eigenvalue weighted by Gasteiger charge is -2.55. The summed E-state index contributed by atoms with van der Waals surface area (Å²) in [6, 6.07) is 5.54. The van der Waals surface area contributed by atoms with Crippen LogP contribution in [0.2, 0.25) is 0 Å². The van der Waals surface area contributed by atoms with E-state index in [1.165, 1.54) is 0 Å². The molecule has 6 nitrogen and oxygen atoms in total. The lowest BCUT2D eigenvalue weighted by atomic mass is 9.70. The Morgan fingerprint density at radius 3 is 2.28 bits per heavy atom. The molecule has 2 atom stereocenters. The maximum atomic E-state index is 12.9. The van der Waals surface area contributed by atoms with Gasteiger partial charge in [0.25, 0.3) is 0 Å².